The predicted octanol–water partition coefficient (Wildman–Crippen LogP) is 5.43. The maximum atomic E-state index is 12.3. The topological polar surface area (TPSA) is 95.1 Å². The Hall–Kier alpha value is -3.55. The van der Waals surface area contributed by atoms with E-state index in [0.717, 1.165) is 24.3 Å². The van der Waals surface area contributed by atoms with E-state index in [1.807, 2.05) is 56.3 Å². The molecule has 0 unspecified atom stereocenters. The molecule has 0 radical (unpaired) electrons. The zero-order valence-corrected chi connectivity index (χ0v) is 18.4. The van der Waals surface area contributed by atoms with Crippen LogP contribution in [0.5, 0.6) is 11.5 Å². The second-order valence-corrected chi connectivity index (χ2v) is 6.72. The summed E-state index contributed by atoms with van der Waals surface area (Å²) in [7, 11) is 0. The van der Waals surface area contributed by atoms with E-state index in [4.69, 9.17) is 9.47 Å². The molecule has 0 aliphatic heterocycles. The first kappa shape index (κ1) is 22.1. The molecule has 0 aliphatic carbocycles. The van der Waals surface area contributed by atoms with Crippen LogP contribution >= 0.6 is 0 Å². The number of ether oxygens (including phenoxy) is 2. The van der Waals surface area contributed by atoms with Crippen LogP contribution in [0.25, 0.3) is 11.3 Å². The molecule has 0 fully saturated rings. The number of anilines is 1. The SMILES string of the molecule is CCOc1ccc(-c2[nH][nH]c(=O)c2N=Nc2ccc(N(CC)CC)cc2)cc1OCC. The summed E-state index contributed by atoms with van der Waals surface area (Å²) in [5, 5.41) is 14.0. The van der Waals surface area contributed by atoms with Crippen molar-refractivity contribution in [1.29, 1.82) is 0 Å². The highest BCUT2D eigenvalue weighted by molar-refractivity contribution is 5.73. The summed E-state index contributed by atoms with van der Waals surface area (Å²) in [4.78, 5) is 14.6. The number of H-pyrrole nitrogens is 2. The van der Waals surface area contributed by atoms with Gasteiger partial charge in [0.2, 0.25) is 0 Å². The van der Waals surface area contributed by atoms with Gasteiger partial charge in [0.05, 0.1) is 24.6 Å². The summed E-state index contributed by atoms with van der Waals surface area (Å²) < 4.78 is 11.3. The molecule has 0 saturated carbocycles. The molecule has 0 amide bonds. The third-order valence-corrected chi connectivity index (χ3v) is 4.83. The van der Waals surface area contributed by atoms with Crippen LogP contribution in [-0.4, -0.2) is 36.5 Å². The number of hydrogen-bond acceptors (Lipinski definition) is 6. The molecule has 3 rings (SSSR count). The fourth-order valence-electron chi connectivity index (χ4n) is 3.29. The van der Waals surface area contributed by atoms with Crippen LogP contribution in [0.3, 0.4) is 0 Å². The van der Waals surface area contributed by atoms with Gasteiger partial charge in [0.15, 0.2) is 17.2 Å². The lowest BCUT2D eigenvalue weighted by Gasteiger charge is -2.20. The number of aromatic nitrogens is 2. The number of nitrogens with one attached hydrogen (secondary N) is 2. The van der Waals surface area contributed by atoms with Crippen molar-refractivity contribution in [1.82, 2.24) is 10.2 Å². The van der Waals surface area contributed by atoms with Crippen LogP contribution < -0.4 is 19.9 Å². The van der Waals surface area contributed by atoms with Gasteiger partial charge in [-0.05, 0) is 70.2 Å². The minimum atomic E-state index is -0.342. The van der Waals surface area contributed by atoms with Crippen molar-refractivity contribution in [3.8, 4) is 22.8 Å². The van der Waals surface area contributed by atoms with E-state index in [0.29, 0.717) is 36.1 Å². The molecule has 164 valence electrons. The van der Waals surface area contributed by atoms with E-state index in [-0.39, 0.29) is 11.2 Å². The smallest absolute Gasteiger partial charge is 0.292 e. The molecule has 1 heterocycles. The minimum absolute atomic E-state index is 0.208. The number of benzene rings is 2. The Labute approximate surface area is 181 Å². The van der Waals surface area contributed by atoms with E-state index in [1.165, 1.54) is 0 Å². The molecule has 2 aromatic carbocycles. The van der Waals surface area contributed by atoms with Gasteiger partial charge in [0, 0.05) is 24.3 Å². The molecule has 0 aliphatic rings. The van der Waals surface area contributed by atoms with E-state index < -0.39 is 0 Å². The maximum absolute atomic E-state index is 12.3. The molecule has 8 nitrogen and oxygen atoms in total. The van der Waals surface area contributed by atoms with Gasteiger partial charge in [-0.3, -0.25) is 15.0 Å². The fraction of sp³-hybridized carbons (Fsp3) is 0.348. The summed E-state index contributed by atoms with van der Waals surface area (Å²) in [6.07, 6.45) is 0. The molecule has 8 heteroatoms. The van der Waals surface area contributed by atoms with Crippen molar-refractivity contribution >= 4 is 17.1 Å². The summed E-state index contributed by atoms with van der Waals surface area (Å²) in [5.74, 6) is 1.27. The second kappa shape index (κ2) is 10.5. The zero-order valence-electron chi connectivity index (χ0n) is 18.4. The first-order valence-corrected chi connectivity index (χ1v) is 10.6. The average Bonchev–Trinajstić information content (AvgIpc) is 3.16. The number of nitrogens with zero attached hydrogens (tertiary/aromatic N) is 3. The highest BCUT2D eigenvalue weighted by atomic mass is 16.5. The molecule has 3 aromatic rings. The first-order chi connectivity index (χ1) is 15.1. The Morgan fingerprint density at radius 2 is 1.52 bits per heavy atom. The molecule has 0 atom stereocenters. The molecule has 2 N–H and O–H groups in total. The van der Waals surface area contributed by atoms with Crippen molar-refractivity contribution < 1.29 is 9.47 Å². The molecular weight excluding hydrogens is 394 g/mol. The Morgan fingerprint density at radius 3 is 2.16 bits per heavy atom. The number of azo groups is 1. The monoisotopic (exact) mass is 423 g/mol. The van der Waals surface area contributed by atoms with Crippen LogP contribution in [0.15, 0.2) is 57.5 Å². The van der Waals surface area contributed by atoms with Crippen molar-refractivity contribution in [3.63, 3.8) is 0 Å². The lowest BCUT2D eigenvalue weighted by Crippen LogP contribution is -2.21. The molecular formula is C23H29N5O3. The van der Waals surface area contributed by atoms with E-state index >= 15 is 0 Å². The van der Waals surface area contributed by atoms with Crippen molar-refractivity contribution in [2.45, 2.75) is 27.7 Å². The fourth-order valence-corrected chi connectivity index (χ4v) is 3.29. The van der Waals surface area contributed by atoms with E-state index in [1.54, 1.807) is 0 Å². The summed E-state index contributed by atoms with van der Waals surface area (Å²) in [5.41, 5.74) is 2.95. The highest BCUT2D eigenvalue weighted by Crippen LogP contribution is 2.35. The number of rotatable bonds is 10. The Bertz CT molecular complexity index is 1070. The van der Waals surface area contributed by atoms with Gasteiger partial charge in [-0.2, -0.15) is 5.11 Å². The highest BCUT2D eigenvalue weighted by Gasteiger charge is 2.15. The quantitative estimate of drug-likeness (QED) is 0.425. The van der Waals surface area contributed by atoms with Gasteiger partial charge < -0.3 is 14.4 Å². The molecule has 0 bridgehead atoms. The van der Waals surface area contributed by atoms with Crippen molar-refractivity contribution in [2.24, 2.45) is 10.2 Å². The van der Waals surface area contributed by atoms with Crippen LogP contribution in [-0.2, 0) is 0 Å². The summed E-state index contributed by atoms with van der Waals surface area (Å²) in [6, 6.07) is 13.3. The standard InChI is InChI=1S/C23H29N5O3/c1-5-28(6-2)18-12-10-17(11-13-18)24-26-22-21(25-27-23(22)29)16-9-14-19(30-7-3)20(15-16)31-8-4/h9-15H,5-8H2,1-4H3,(H2,25,27,29). The second-order valence-electron chi connectivity index (χ2n) is 6.72. The number of hydrogen-bond donors (Lipinski definition) is 2. The normalized spacial score (nSPS) is 11.1. The minimum Gasteiger partial charge on any atom is -0.490 e. The number of aromatic amines is 2. The van der Waals surface area contributed by atoms with Crippen LogP contribution in [0.2, 0.25) is 0 Å². The Kier molecular flexibility index (Phi) is 7.48. The van der Waals surface area contributed by atoms with Crippen LogP contribution in [0.1, 0.15) is 27.7 Å². The van der Waals surface area contributed by atoms with Gasteiger partial charge >= 0.3 is 0 Å². The van der Waals surface area contributed by atoms with Crippen molar-refractivity contribution in [3.05, 3.63) is 52.8 Å². The molecule has 0 spiro atoms. The average molecular weight is 424 g/mol. The van der Waals surface area contributed by atoms with E-state index in [2.05, 4.69) is 39.2 Å². The summed E-state index contributed by atoms with van der Waals surface area (Å²) in [6.45, 7) is 11.0. The Balaban J connectivity index is 1.89. The molecule has 1 aromatic heterocycles. The first-order valence-electron chi connectivity index (χ1n) is 10.6. The van der Waals surface area contributed by atoms with Gasteiger partial charge in [-0.1, -0.05) is 0 Å². The van der Waals surface area contributed by atoms with Crippen molar-refractivity contribution in [2.75, 3.05) is 31.2 Å². The van der Waals surface area contributed by atoms with Crippen LogP contribution in [0, 0.1) is 0 Å². The Morgan fingerprint density at radius 1 is 0.839 bits per heavy atom. The third-order valence-electron chi connectivity index (χ3n) is 4.83. The van der Waals surface area contributed by atoms with Gasteiger partial charge in [-0.25, -0.2) is 0 Å². The third kappa shape index (κ3) is 5.14. The van der Waals surface area contributed by atoms with Gasteiger partial charge in [0.25, 0.3) is 5.56 Å². The zero-order chi connectivity index (χ0) is 22.2. The lowest BCUT2D eigenvalue weighted by atomic mass is 10.1. The molecule has 31 heavy (non-hydrogen) atoms. The van der Waals surface area contributed by atoms with Crippen LogP contribution in [0.4, 0.5) is 17.1 Å². The summed E-state index contributed by atoms with van der Waals surface area (Å²) >= 11 is 0. The largest absolute Gasteiger partial charge is 0.490 e. The maximum Gasteiger partial charge on any atom is 0.292 e. The van der Waals surface area contributed by atoms with Gasteiger partial charge in [0.1, 0.15) is 0 Å². The van der Waals surface area contributed by atoms with E-state index in [9.17, 15) is 4.79 Å². The predicted molar refractivity (Wildman–Crippen MR) is 123 cm³/mol. The van der Waals surface area contributed by atoms with Gasteiger partial charge in [-0.15, -0.1) is 5.11 Å². The lowest BCUT2D eigenvalue weighted by molar-refractivity contribution is 0.288. The molecule has 0 saturated heterocycles.